The summed E-state index contributed by atoms with van der Waals surface area (Å²) >= 11 is 0. The smallest absolute Gasteiger partial charge is 0.257 e. The Morgan fingerprint density at radius 1 is 1.10 bits per heavy atom. The van der Waals surface area contributed by atoms with Gasteiger partial charge in [-0.25, -0.2) is 24.3 Å². The van der Waals surface area contributed by atoms with Crippen LogP contribution < -0.4 is 4.90 Å². The molecule has 2 aromatic heterocycles. The van der Waals surface area contributed by atoms with Crippen molar-refractivity contribution in [3.8, 4) is 0 Å². The molecular formula is C22H21FN6O. The fourth-order valence-corrected chi connectivity index (χ4v) is 4.70. The summed E-state index contributed by atoms with van der Waals surface area (Å²) < 4.78 is 14.1. The van der Waals surface area contributed by atoms with Crippen LogP contribution in [0, 0.1) is 24.6 Å². The van der Waals surface area contributed by atoms with Gasteiger partial charge in [-0.05, 0) is 30.7 Å². The SMILES string of the molecule is Cc1ncc(C(=O)N2C[C@@H]3CN(c4ccncn4)C[C@@H]3[C@H]2c2cccc(F)c2)cn1. The second-order valence-electron chi connectivity index (χ2n) is 7.87. The van der Waals surface area contributed by atoms with Crippen molar-refractivity contribution in [2.45, 2.75) is 13.0 Å². The van der Waals surface area contributed by atoms with Gasteiger partial charge in [0.05, 0.1) is 11.6 Å². The molecule has 1 amide bonds. The van der Waals surface area contributed by atoms with Gasteiger partial charge in [-0.1, -0.05) is 12.1 Å². The first-order valence-corrected chi connectivity index (χ1v) is 9.96. The number of aryl methyl sites for hydroxylation is 1. The molecule has 2 aliphatic rings. The fraction of sp³-hybridized carbons (Fsp3) is 0.318. The Morgan fingerprint density at radius 2 is 1.93 bits per heavy atom. The number of carbonyl (C=O) groups excluding carboxylic acids is 1. The van der Waals surface area contributed by atoms with E-state index in [4.69, 9.17) is 0 Å². The number of anilines is 1. The van der Waals surface area contributed by atoms with Gasteiger partial charge in [0, 0.05) is 50.1 Å². The van der Waals surface area contributed by atoms with Crippen LogP contribution in [0.25, 0.3) is 0 Å². The van der Waals surface area contributed by atoms with Crippen LogP contribution in [0.1, 0.15) is 27.8 Å². The Labute approximate surface area is 173 Å². The van der Waals surface area contributed by atoms with E-state index in [1.54, 1.807) is 37.9 Å². The van der Waals surface area contributed by atoms with Crippen molar-refractivity contribution in [3.63, 3.8) is 0 Å². The van der Waals surface area contributed by atoms with Gasteiger partial charge >= 0.3 is 0 Å². The maximum Gasteiger partial charge on any atom is 0.257 e. The van der Waals surface area contributed by atoms with Crippen LogP contribution in [0.3, 0.4) is 0 Å². The van der Waals surface area contributed by atoms with E-state index in [1.807, 2.05) is 17.0 Å². The van der Waals surface area contributed by atoms with Crippen LogP contribution in [0.15, 0.2) is 55.2 Å². The Balaban J connectivity index is 1.48. The van der Waals surface area contributed by atoms with Gasteiger partial charge in [0.15, 0.2) is 0 Å². The van der Waals surface area contributed by atoms with Crippen LogP contribution in [0.2, 0.25) is 0 Å². The van der Waals surface area contributed by atoms with E-state index in [-0.39, 0.29) is 29.6 Å². The molecule has 0 unspecified atom stereocenters. The van der Waals surface area contributed by atoms with E-state index in [0.29, 0.717) is 17.9 Å². The Kier molecular flexibility index (Phi) is 4.61. The van der Waals surface area contributed by atoms with Crippen molar-refractivity contribution in [2.75, 3.05) is 24.5 Å². The predicted octanol–water partition coefficient (Wildman–Crippen LogP) is 2.66. The van der Waals surface area contributed by atoms with Crippen LogP contribution in [0.5, 0.6) is 0 Å². The van der Waals surface area contributed by atoms with Gasteiger partial charge in [-0.15, -0.1) is 0 Å². The minimum atomic E-state index is -0.298. The summed E-state index contributed by atoms with van der Waals surface area (Å²) in [5.41, 5.74) is 1.27. The zero-order valence-corrected chi connectivity index (χ0v) is 16.5. The largest absolute Gasteiger partial charge is 0.356 e. The third-order valence-corrected chi connectivity index (χ3v) is 6.03. The lowest BCUT2D eigenvalue weighted by Gasteiger charge is -2.30. The maximum atomic E-state index is 14.1. The first-order chi connectivity index (χ1) is 14.6. The van der Waals surface area contributed by atoms with Gasteiger partial charge in [-0.3, -0.25) is 4.79 Å². The number of aromatic nitrogens is 4. The molecule has 1 aromatic carbocycles. The van der Waals surface area contributed by atoms with E-state index in [9.17, 15) is 9.18 Å². The molecule has 0 N–H and O–H groups in total. The lowest BCUT2D eigenvalue weighted by atomic mass is 9.89. The lowest BCUT2D eigenvalue weighted by molar-refractivity contribution is 0.0714. The molecule has 2 aliphatic heterocycles. The summed E-state index contributed by atoms with van der Waals surface area (Å²) in [6.07, 6.45) is 6.40. The van der Waals surface area contributed by atoms with Gasteiger partial charge < -0.3 is 9.80 Å². The van der Waals surface area contributed by atoms with Crippen molar-refractivity contribution < 1.29 is 9.18 Å². The van der Waals surface area contributed by atoms with E-state index >= 15 is 0 Å². The predicted molar refractivity (Wildman–Crippen MR) is 108 cm³/mol. The number of likely N-dealkylation sites (tertiary alicyclic amines) is 1. The Bertz CT molecular complexity index is 1060. The number of rotatable bonds is 3. The van der Waals surface area contributed by atoms with Gasteiger partial charge in [0.2, 0.25) is 0 Å². The second kappa shape index (κ2) is 7.44. The molecule has 0 aliphatic carbocycles. The number of benzene rings is 1. The quantitative estimate of drug-likeness (QED) is 0.668. The van der Waals surface area contributed by atoms with Gasteiger partial charge in [0.25, 0.3) is 5.91 Å². The molecule has 8 heteroatoms. The van der Waals surface area contributed by atoms with Crippen LogP contribution >= 0.6 is 0 Å². The highest BCUT2D eigenvalue weighted by Crippen LogP contribution is 2.46. The molecule has 4 heterocycles. The molecule has 30 heavy (non-hydrogen) atoms. The third kappa shape index (κ3) is 3.28. The monoisotopic (exact) mass is 404 g/mol. The second-order valence-corrected chi connectivity index (χ2v) is 7.87. The molecule has 0 spiro atoms. The molecule has 3 aromatic rings. The van der Waals surface area contributed by atoms with E-state index in [1.165, 1.54) is 12.1 Å². The summed E-state index contributed by atoms with van der Waals surface area (Å²) in [6.45, 7) is 3.92. The first kappa shape index (κ1) is 18.6. The average molecular weight is 404 g/mol. The highest BCUT2D eigenvalue weighted by atomic mass is 19.1. The number of fused-ring (bicyclic) bond motifs is 1. The Morgan fingerprint density at radius 3 is 2.67 bits per heavy atom. The van der Waals surface area contributed by atoms with Gasteiger partial charge in [0.1, 0.15) is 23.8 Å². The fourth-order valence-electron chi connectivity index (χ4n) is 4.70. The lowest BCUT2D eigenvalue weighted by Crippen LogP contribution is -2.36. The van der Waals surface area contributed by atoms with Crippen molar-refractivity contribution in [3.05, 3.63) is 78.0 Å². The molecule has 2 fully saturated rings. The molecule has 0 saturated carbocycles. The molecular weight excluding hydrogens is 383 g/mol. The average Bonchev–Trinajstić information content (AvgIpc) is 3.32. The number of hydrogen-bond acceptors (Lipinski definition) is 6. The molecule has 5 rings (SSSR count). The molecule has 0 bridgehead atoms. The summed E-state index contributed by atoms with van der Waals surface area (Å²) in [5, 5.41) is 0. The summed E-state index contributed by atoms with van der Waals surface area (Å²) in [5.74, 6) is 1.52. The summed E-state index contributed by atoms with van der Waals surface area (Å²) in [6, 6.07) is 8.24. The third-order valence-electron chi connectivity index (χ3n) is 6.03. The zero-order valence-electron chi connectivity index (χ0n) is 16.5. The highest BCUT2D eigenvalue weighted by molar-refractivity contribution is 5.94. The van der Waals surface area contributed by atoms with E-state index in [0.717, 1.165) is 24.5 Å². The topological polar surface area (TPSA) is 75.1 Å². The number of hydrogen-bond donors (Lipinski definition) is 0. The number of nitrogens with zero attached hydrogens (tertiary/aromatic N) is 6. The standard InChI is InChI=1S/C22H21FN6O/c1-14-25-8-16(9-26-14)22(30)29-11-17-10-28(20-5-6-24-13-27-20)12-19(17)21(29)15-3-2-4-18(23)7-15/h2-9,13,17,19,21H,10-12H2,1H3/t17-,19-,21+/m0/s1. The van der Waals surface area contributed by atoms with Gasteiger partial charge in [-0.2, -0.15) is 0 Å². The summed E-state index contributed by atoms with van der Waals surface area (Å²) in [4.78, 5) is 34.1. The molecule has 7 nitrogen and oxygen atoms in total. The Hall–Kier alpha value is -3.42. The maximum absolute atomic E-state index is 14.1. The van der Waals surface area contributed by atoms with Crippen molar-refractivity contribution in [1.82, 2.24) is 24.8 Å². The summed E-state index contributed by atoms with van der Waals surface area (Å²) in [7, 11) is 0. The van der Waals surface area contributed by atoms with Crippen LogP contribution in [-0.4, -0.2) is 50.4 Å². The first-order valence-electron chi connectivity index (χ1n) is 9.96. The number of halogens is 1. The van der Waals surface area contributed by atoms with E-state index < -0.39 is 0 Å². The normalized spacial score (nSPS) is 22.9. The van der Waals surface area contributed by atoms with E-state index in [2.05, 4.69) is 24.8 Å². The van der Waals surface area contributed by atoms with Crippen LogP contribution in [-0.2, 0) is 0 Å². The van der Waals surface area contributed by atoms with Crippen molar-refractivity contribution >= 4 is 11.7 Å². The number of amides is 1. The number of carbonyl (C=O) groups is 1. The molecule has 2 saturated heterocycles. The minimum absolute atomic E-state index is 0.118. The molecule has 3 atom stereocenters. The zero-order chi connectivity index (χ0) is 20.7. The highest BCUT2D eigenvalue weighted by Gasteiger charge is 2.49. The van der Waals surface area contributed by atoms with Crippen molar-refractivity contribution in [1.29, 1.82) is 0 Å². The molecule has 0 radical (unpaired) electrons. The minimum Gasteiger partial charge on any atom is -0.356 e. The van der Waals surface area contributed by atoms with Crippen LogP contribution in [0.4, 0.5) is 10.2 Å². The molecule has 152 valence electrons. The van der Waals surface area contributed by atoms with Crippen molar-refractivity contribution in [2.24, 2.45) is 11.8 Å².